The molecule has 0 fully saturated rings. The van der Waals surface area contributed by atoms with Crippen molar-refractivity contribution >= 4 is 45.5 Å². The minimum absolute atomic E-state index is 0.0116. The smallest absolute Gasteiger partial charge is 0.262 e. The van der Waals surface area contributed by atoms with Gasteiger partial charge in [-0.3, -0.25) is 14.4 Å². The maximum atomic E-state index is 12.9. The van der Waals surface area contributed by atoms with Crippen LogP contribution < -0.4 is 25.6 Å². The number of anilines is 1. The van der Waals surface area contributed by atoms with Crippen molar-refractivity contribution in [3.8, 4) is 11.5 Å². The summed E-state index contributed by atoms with van der Waals surface area (Å²) >= 11 is 0. The molecule has 0 aliphatic rings. The van der Waals surface area contributed by atoms with Crippen LogP contribution in [0.1, 0.15) is 5.56 Å². The van der Waals surface area contributed by atoms with Gasteiger partial charge in [-0.1, -0.05) is 36.4 Å². The third-order valence-corrected chi connectivity index (χ3v) is 6.21. The summed E-state index contributed by atoms with van der Waals surface area (Å²) in [6, 6.07) is 28.5. The van der Waals surface area contributed by atoms with Crippen LogP contribution >= 0.6 is 0 Å². The first-order valence-corrected chi connectivity index (χ1v) is 12.5. The molecule has 0 spiro atoms. The molecule has 0 radical (unpaired) electrons. The summed E-state index contributed by atoms with van der Waals surface area (Å²) in [4.78, 5) is 37.9. The van der Waals surface area contributed by atoms with Gasteiger partial charge in [0.2, 0.25) is 0 Å². The highest BCUT2D eigenvalue weighted by Gasteiger charge is 2.12. The second-order valence-electron chi connectivity index (χ2n) is 8.85. The van der Waals surface area contributed by atoms with Crippen LogP contribution in [0.4, 0.5) is 5.69 Å². The van der Waals surface area contributed by atoms with Crippen LogP contribution in [0.3, 0.4) is 0 Å². The third-order valence-electron chi connectivity index (χ3n) is 6.21. The predicted molar refractivity (Wildman–Crippen MR) is 155 cm³/mol. The maximum Gasteiger partial charge on any atom is 0.262 e. The Morgan fingerprint density at radius 1 is 0.825 bits per heavy atom. The molecule has 5 rings (SSSR count). The number of carbonyl (C=O) groups excluding carboxylic acids is 2. The molecular formula is C31H26N4O5. The Morgan fingerprint density at radius 3 is 2.12 bits per heavy atom. The average Bonchev–Trinajstić information content (AvgIpc) is 2.99. The summed E-state index contributed by atoms with van der Waals surface area (Å²) in [6.07, 6.45) is 1.51. The normalized spacial score (nSPS) is 11.0. The Kier molecular flexibility index (Phi) is 7.82. The molecule has 9 heteroatoms. The van der Waals surface area contributed by atoms with Crippen LogP contribution in [0.25, 0.3) is 21.8 Å². The van der Waals surface area contributed by atoms with Crippen LogP contribution in [0.15, 0.2) is 107 Å². The van der Waals surface area contributed by atoms with E-state index in [2.05, 4.69) is 15.8 Å². The number of nitrogens with one attached hydrogen (secondary N) is 2. The SMILES string of the molecule is COc1ccccc1NC(=O)COc1ccc(/C=N/NC(=O)Cn2c3ccccc3c(=O)c3ccccc32)cc1. The second-order valence-corrected chi connectivity index (χ2v) is 8.85. The largest absolute Gasteiger partial charge is 0.495 e. The molecule has 0 aliphatic heterocycles. The molecule has 0 saturated heterocycles. The minimum Gasteiger partial charge on any atom is -0.495 e. The second kappa shape index (κ2) is 12.0. The number of benzene rings is 4. The molecule has 200 valence electrons. The van der Waals surface area contributed by atoms with Crippen LogP contribution in [0.5, 0.6) is 11.5 Å². The number of ether oxygens (including phenoxy) is 2. The number of fused-ring (bicyclic) bond motifs is 2. The fourth-order valence-electron chi connectivity index (χ4n) is 4.34. The molecule has 9 nitrogen and oxygen atoms in total. The number of pyridine rings is 1. The van der Waals surface area contributed by atoms with Crippen molar-refractivity contribution in [3.05, 3.63) is 113 Å². The lowest BCUT2D eigenvalue weighted by Gasteiger charge is -2.14. The highest BCUT2D eigenvalue weighted by molar-refractivity contribution is 5.95. The number of nitrogens with zero attached hydrogens (tertiary/aromatic N) is 2. The molecule has 2 N–H and O–H groups in total. The zero-order chi connectivity index (χ0) is 27.9. The summed E-state index contributed by atoms with van der Waals surface area (Å²) < 4.78 is 12.6. The first-order chi connectivity index (χ1) is 19.5. The molecular weight excluding hydrogens is 508 g/mol. The van der Waals surface area contributed by atoms with Crippen molar-refractivity contribution in [2.75, 3.05) is 19.0 Å². The summed E-state index contributed by atoms with van der Waals surface area (Å²) in [5.74, 6) is 0.415. The van der Waals surface area contributed by atoms with E-state index in [-0.39, 0.29) is 30.4 Å². The number of aromatic nitrogens is 1. The highest BCUT2D eigenvalue weighted by atomic mass is 16.5. The van der Waals surface area contributed by atoms with Gasteiger partial charge in [0.1, 0.15) is 18.0 Å². The number of hydrogen-bond acceptors (Lipinski definition) is 6. The lowest BCUT2D eigenvalue weighted by molar-refractivity contribution is -0.121. The van der Waals surface area contributed by atoms with Crippen molar-refractivity contribution in [2.45, 2.75) is 6.54 Å². The number of hydrogen-bond donors (Lipinski definition) is 2. The predicted octanol–water partition coefficient (Wildman–Crippen LogP) is 4.33. The molecule has 1 aromatic heterocycles. The van der Waals surface area contributed by atoms with E-state index in [1.165, 1.54) is 13.3 Å². The van der Waals surface area contributed by atoms with Gasteiger partial charge in [-0.05, 0) is 66.2 Å². The molecule has 5 aromatic rings. The quantitative estimate of drug-likeness (QED) is 0.166. The van der Waals surface area contributed by atoms with E-state index >= 15 is 0 Å². The van der Waals surface area contributed by atoms with Gasteiger partial charge in [0, 0.05) is 10.8 Å². The number of carbonyl (C=O) groups is 2. The van der Waals surface area contributed by atoms with Crippen molar-refractivity contribution in [2.24, 2.45) is 5.10 Å². The monoisotopic (exact) mass is 534 g/mol. The Balaban J connectivity index is 1.18. The molecule has 0 bridgehead atoms. The van der Waals surface area contributed by atoms with E-state index in [4.69, 9.17) is 9.47 Å². The number of amides is 2. The van der Waals surface area contributed by atoms with Crippen molar-refractivity contribution < 1.29 is 19.1 Å². The Hall–Kier alpha value is -5.44. The molecule has 0 aliphatic carbocycles. The van der Waals surface area contributed by atoms with E-state index < -0.39 is 0 Å². The highest BCUT2D eigenvalue weighted by Crippen LogP contribution is 2.23. The lowest BCUT2D eigenvalue weighted by Crippen LogP contribution is -2.25. The van der Waals surface area contributed by atoms with Gasteiger partial charge in [-0.25, -0.2) is 5.43 Å². The van der Waals surface area contributed by atoms with E-state index in [1.807, 2.05) is 34.9 Å². The zero-order valence-corrected chi connectivity index (χ0v) is 21.7. The van der Waals surface area contributed by atoms with Gasteiger partial charge in [-0.15, -0.1) is 0 Å². The summed E-state index contributed by atoms with van der Waals surface area (Å²) in [6.45, 7) is -0.182. The molecule has 0 atom stereocenters. The van der Waals surface area contributed by atoms with Crippen LogP contribution in [0.2, 0.25) is 0 Å². The topological polar surface area (TPSA) is 111 Å². The zero-order valence-electron chi connectivity index (χ0n) is 21.7. The van der Waals surface area contributed by atoms with Crippen molar-refractivity contribution in [1.29, 1.82) is 0 Å². The van der Waals surface area contributed by atoms with Gasteiger partial charge in [0.05, 0.1) is 30.0 Å². The van der Waals surface area contributed by atoms with Gasteiger partial charge in [0.15, 0.2) is 12.0 Å². The first kappa shape index (κ1) is 26.2. The molecule has 2 amide bonds. The number of rotatable bonds is 9. The van der Waals surface area contributed by atoms with Crippen LogP contribution in [0, 0.1) is 0 Å². The van der Waals surface area contributed by atoms with Crippen LogP contribution in [-0.2, 0) is 16.1 Å². The van der Waals surface area contributed by atoms with Gasteiger partial charge < -0.3 is 19.4 Å². The first-order valence-electron chi connectivity index (χ1n) is 12.5. The number of para-hydroxylation sites is 4. The van der Waals surface area contributed by atoms with E-state index in [0.717, 1.165) is 5.56 Å². The molecule has 0 saturated carbocycles. The Morgan fingerprint density at radius 2 is 1.45 bits per heavy atom. The summed E-state index contributed by atoms with van der Waals surface area (Å²) in [5.41, 5.74) is 5.13. The molecule has 1 heterocycles. The fourth-order valence-corrected chi connectivity index (χ4v) is 4.34. The molecule has 4 aromatic carbocycles. The Labute approximate surface area is 229 Å². The van der Waals surface area contributed by atoms with E-state index in [1.54, 1.807) is 66.7 Å². The van der Waals surface area contributed by atoms with Crippen molar-refractivity contribution in [1.82, 2.24) is 9.99 Å². The van der Waals surface area contributed by atoms with E-state index in [9.17, 15) is 14.4 Å². The van der Waals surface area contributed by atoms with Crippen LogP contribution in [-0.4, -0.2) is 36.3 Å². The summed E-state index contributed by atoms with van der Waals surface area (Å²) in [5, 5.41) is 7.93. The van der Waals surface area contributed by atoms with Gasteiger partial charge in [-0.2, -0.15) is 5.10 Å². The minimum atomic E-state index is -0.337. The lowest BCUT2D eigenvalue weighted by atomic mass is 10.1. The summed E-state index contributed by atoms with van der Waals surface area (Å²) in [7, 11) is 1.54. The van der Waals surface area contributed by atoms with E-state index in [0.29, 0.717) is 39.0 Å². The molecule has 0 unspecified atom stereocenters. The standard InChI is InChI=1S/C31H26N4O5/c1-39-28-13-7-4-10-25(28)33-30(37)20-40-22-16-14-21(15-17-22)18-32-34-29(36)19-35-26-11-5-2-8-23(26)31(38)24-9-3-6-12-27(24)35/h2-18H,19-20H2,1H3,(H,33,37)(H,34,36)/b32-18+. The van der Waals surface area contributed by atoms with Gasteiger partial charge >= 0.3 is 0 Å². The van der Waals surface area contributed by atoms with Gasteiger partial charge in [0.25, 0.3) is 11.8 Å². The number of methoxy groups -OCH3 is 1. The van der Waals surface area contributed by atoms with Crippen molar-refractivity contribution in [3.63, 3.8) is 0 Å². The Bertz CT molecular complexity index is 1720. The number of hydrazone groups is 1. The maximum absolute atomic E-state index is 12.9. The average molecular weight is 535 g/mol. The molecule has 40 heavy (non-hydrogen) atoms. The third kappa shape index (κ3) is 5.83. The fraction of sp³-hybridized carbons (Fsp3) is 0.0968.